The molecule has 0 nitrogen and oxygen atoms in total. The molecule has 0 aliphatic carbocycles. The summed E-state index contributed by atoms with van der Waals surface area (Å²) in [6.45, 7) is 4.52. The molecule has 0 spiro atoms. The summed E-state index contributed by atoms with van der Waals surface area (Å²) in [5.41, 5.74) is 0. The van der Waals surface area contributed by atoms with Crippen LogP contribution in [0.15, 0.2) is 0 Å². The maximum Gasteiger partial charge on any atom is -0.0116 e. The molecule has 0 aromatic rings. The van der Waals surface area contributed by atoms with Crippen LogP contribution in [0, 0.1) is 0 Å². The van der Waals surface area contributed by atoms with E-state index >= 15 is 0 Å². The zero-order valence-electron chi connectivity index (χ0n) is 7.19. The van der Waals surface area contributed by atoms with E-state index in [1.165, 1.54) is 31.8 Å². The topological polar surface area (TPSA) is 0 Å². The van der Waals surface area contributed by atoms with Gasteiger partial charge in [0.2, 0.25) is 0 Å². The molecule has 2 unspecified atom stereocenters. The highest BCUT2D eigenvalue weighted by molar-refractivity contribution is 7.23. The maximum absolute atomic E-state index is 3.01. The third-order valence-corrected chi connectivity index (χ3v) is 4.00. The van der Waals surface area contributed by atoms with Crippen LogP contribution >= 0.6 is 18.5 Å². The van der Waals surface area contributed by atoms with E-state index in [9.17, 15) is 0 Å². The molecule has 0 aromatic heterocycles. The molecule has 0 radical (unpaired) electrons. The molecule has 0 saturated carbocycles. The van der Waals surface area contributed by atoms with E-state index < -0.39 is 0 Å². The molecular weight excluding hydrogens is 158 g/mol. The Morgan fingerprint density at radius 3 is 1.70 bits per heavy atom. The van der Waals surface area contributed by atoms with Crippen LogP contribution in [-0.2, 0) is 0 Å². The van der Waals surface area contributed by atoms with Gasteiger partial charge in [-0.1, -0.05) is 26.7 Å². The van der Waals surface area contributed by atoms with Gasteiger partial charge in [-0.3, -0.25) is 0 Å². The van der Waals surface area contributed by atoms with Crippen LogP contribution < -0.4 is 0 Å². The second kappa shape index (κ2) is 5.50. The van der Waals surface area contributed by atoms with Crippen LogP contribution in [0.2, 0.25) is 0 Å². The summed E-state index contributed by atoms with van der Waals surface area (Å²) in [5.74, 6) is 0. The summed E-state index contributed by atoms with van der Waals surface area (Å²) in [6.07, 6.45) is 6.51. The smallest absolute Gasteiger partial charge is 0.0116 e. The Morgan fingerprint density at radius 2 is 1.50 bits per heavy atom. The minimum Gasteiger partial charge on any atom is -0.137 e. The summed E-state index contributed by atoms with van der Waals surface area (Å²) in [6, 6.07) is 0. The minimum atomic E-state index is 0.522. The Hall–Kier alpha value is 0.860. The van der Waals surface area contributed by atoms with Crippen molar-refractivity contribution in [3.63, 3.8) is 0 Å². The average molecular weight is 178 g/mol. The summed E-state index contributed by atoms with van der Waals surface area (Å²) in [7, 11) is 5.86. The highest BCUT2D eigenvalue weighted by Gasteiger charge is 2.19. The van der Waals surface area contributed by atoms with Gasteiger partial charge in [0.15, 0.2) is 0 Å². The van der Waals surface area contributed by atoms with Gasteiger partial charge in [-0.15, -0.1) is 18.5 Å². The van der Waals surface area contributed by atoms with Crippen molar-refractivity contribution in [3.05, 3.63) is 0 Å². The van der Waals surface area contributed by atoms with Crippen molar-refractivity contribution in [1.82, 2.24) is 0 Å². The SMILES string of the molecule is CCCC(P)(CP)CCC. The predicted molar refractivity (Wildman–Crippen MR) is 56.8 cm³/mol. The van der Waals surface area contributed by atoms with Crippen LogP contribution in [0.25, 0.3) is 0 Å². The molecule has 0 amide bonds. The Morgan fingerprint density at radius 1 is 1.10 bits per heavy atom. The zero-order valence-corrected chi connectivity index (χ0v) is 9.50. The van der Waals surface area contributed by atoms with Crippen molar-refractivity contribution in [1.29, 1.82) is 0 Å². The normalized spacial score (nSPS) is 12.0. The standard InChI is InChI=1S/C8H20P2/c1-3-5-8(10,7-9)6-4-2/h3-7,9-10H2,1-2H3. The molecule has 2 heteroatoms. The van der Waals surface area contributed by atoms with Gasteiger partial charge in [-0.2, -0.15) is 0 Å². The van der Waals surface area contributed by atoms with E-state index in [1.54, 1.807) is 0 Å². The molecule has 0 fully saturated rings. The van der Waals surface area contributed by atoms with Crippen molar-refractivity contribution in [3.8, 4) is 0 Å². The van der Waals surface area contributed by atoms with Gasteiger partial charge in [0, 0.05) is 0 Å². The first-order valence-corrected chi connectivity index (χ1v) is 5.57. The van der Waals surface area contributed by atoms with Crippen molar-refractivity contribution in [2.24, 2.45) is 0 Å². The Labute approximate surface area is 70.0 Å². The molecule has 0 rings (SSSR count). The lowest BCUT2D eigenvalue weighted by Crippen LogP contribution is -2.21. The summed E-state index contributed by atoms with van der Waals surface area (Å²) in [5, 5.41) is 0.522. The molecule has 0 aliphatic rings. The van der Waals surface area contributed by atoms with Crippen LogP contribution in [0.4, 0.5) is 0 Å². The fourth-order valence-corrected chi connectivity index (χ4v) is 2.31. The average Bonchev–Trinajstić information content (AvgIpc) is 1.89. The first-order valence-electron chi connectivity index (χ1n) is 4.17. The highest BCUT2D eigenvalue weighted by atomic mass is 31.0. The summed E-state index contributed by atoms with van der Waals surface area (Å²) >= 11 is 0. The molecule has 0 aliphatic heterocycles. The molecule has 0 aromatic carbocycles. The molecule has 0 saturated heterocycles. The van der Waals surface area contributed by atoms with E-state index in [-0.39, 0.29) is 0 Å². The fraction of sp³-hybridized carbons (Fsp3) is 1.00. The molecule has 10 heavy (non-hydrogen) atoms. The lowest BCUT2D eigenvalue weighted by molar-refractivity contribution is 0.535. The lowest BCUT2D eigenvalue weighted by Gasteiger charge is -2.26. The Kier molecular flexibility index (Phi) is 5.98. The van der Waals surface area contributed by atoms with Gasteiger partial charge in [0.25, 0.3) is 0 Å². The van der Waals surface area contributed by atoms with Crippen molar-refractivity contribution < 1.29 is 0 Å². The number of hydrogen-bond acceptors (Lipinski definition) is 0. The van der Waals surface area contributed by atoms with E-state index in [2.05, 4.69) is 32.3 Å². The molecule has 0 N–H and O–H groups in total. The zero-order chi connectivity index (χ0) is 8.04. The van der Waals surface area contributed by atoms with Crippen molar-refractivity contribution >= 4 is 18.5 Å². The Balaban J connectivity index is 3.69. The molecule has 2 atom stereocenters. The van der Waals surface area contributed by atoms with Gasteiger partial charge >= 0.3 is 0 Å². The maximum atomic E-state index is 3.01. The van der Waals surface area contributed by atoms with Gasteiger partial charge in [0.05, 0.1) is 0 Å². The van der Waals surface area contributed by atoms with Crippen molar-refractivity contribution in [2.75, 3.05) is 6.16 Å². The second-order valence-electron chi connectivity index (χ2n) is 3.07. The van der Waals surface area contributed by atoms with Gasteiger partial charge in [-0.05, 0) is 24.2 Å². The van der Waals surface area contributed by atoms with E-state index in [1.807, 2.05) is 0 Å². The quantitative estimate of drug-likeness (QED) is 0.567. The monoisotopic (exact) mass is 178 g/mol. The molecule has 0 bridgehead atoms. The third-order valence-electron chi connectivity index (χ3n) is 1.90. The largest absolute Gasteiger partial charge is 0.137 e. The fourth-order valence-electron chi connectivity index (χ4n) is 1.32. The minimum absolute atomic E-state index is 0.522. The molecule has 0 heterocycles. The first-order chi connectivity index (χ1) is 4.68. The number of hydrogen-bond donors (Lipinski definition) is 0. The van der Waals surface area contributed by atoms with E-state index in [0.29, 0.717) is 5.16 Å². The van der Waals surface area contributed by atoms with Crippen LogP contribution in [-0.4, -0.2) is 11.3 Å². The lowest BCUT2D eigenvalue weighted by atomic mass is 9.99. The second-order valence-corrected chi connectivity index (χ2v) is 4.70. The first kappa shape index (κ1) is 10.9. The van der Waals surface area contributed by atoms with Gasteiger partial charge in [0.1, 0.15) is 0 Å². The summed E-state index contributed by atoms with van der Waals surface area (Å²) < 4.78 is 0. The predicted octanol–water partition coefficient (Wildman–Crippen LogP) is 3.08. The van der Waals surface area contributed by atoms with Gasteiger partial charge in [-0.25, -0.2) is 0 Å². The molecular formula is C8H20P2. The highest BCUT2D eigenvalue weighted by Crippen LogP contribution is 2.31. The number of rotatable bonds is 5. The Bertz CT molecular complexity index is 75.3. The van der Waals surface area contributed by atoms with Crippen LogP contribution in [0.1, 0.15) is 39.5 Å². The molecule has 62 valence electrons. The van der Waals surface area contributed by atoms with Gasteiger partial charge < -0.3 is 0 Å². The van der Waals surface area contributed by atoms with Crippen LogP contribution in [0.5, 0.6) is 0 Å². The van der Waals surface area contributed by atoms with Crippen molar-refractivity contribution in [2.45, 2.75) is 44.7 Å². The summed E-state index contributed by atoms with van der Waals surface area (Å²) in [4.78, 5) is 0. The van der Waals surface area contributed by atoms with E-state index in [0.717, 1.165) is 0 Å². The van der Waals surface area contributed by atoms with Crippen LogP contribution in [0.3, 0.4) is 0 Å². The third kappa shape index (κ3) is 3.89. The van der Waals surface area contributed by atoms with E-state index in [4.69, 9.17) is 0 Å².